The number of hydrogen-bond donors (Lipinski definition) is 1. The Labute approximate surface area is 101 Å². The number of hydrogen-bond acceptors (Lipinski definition) is 3. The lowest BCUT2D eigenvalue weighted by molar-refractivity contribution is 0.0709. The van der Waals surface area contributed by atoms with Crippen LogP contribution in [0.2, 0.25) is 0 Å². The zero-order valence-corrected chi connectivity index (χ0v) is 10.7. The SMILES string of the molecule is NC1CCCN(C(=O)c2csc(Br)c2)C1. The van der Waals surface area contributed by atoms with Crippen LogP contribution in [0.4, 0.5) is 0 Å². The summed E-state index contributed by atoms with van der Waals surface area (Å²) in [4.78, 5) is 13.9. The van der Waals surface area contributed by atoms with Crippen LogP contribution in [0.15, 0.2) is 15.2 Å². The first-order chi connectivity index (χ1) is 7.16. The van der Waals surface area contributed by atoms with Gasteiger partial charge in [-0.05, 0) is 34.8 Å². The molecule has 0 bridgehead atoms. The van der Waals surface area contributed by atoms with Crippen molar-refractivity contribution in [1.82, 2.24) is 4.90 Å². The number of piperidine rings is 1. The minimum Gasteiger partial charge on any atom is -0.337 e. The summed E-state index contributed by atoms with van der Waals surface area (Å²) in [7, 11) is 0. The summed E-state index contributed by atoms with van der Waals surface area (Å²) in [6, 6.07) is 2.01. The third kappa shape index (κ3) is 2.59. The summed E-state index contributed by atoms with van der Waals surface area (Å²) in [6.07, 6.45) is 2.04. The molecule has 1 aromatic rings. The molecular weight excluding hydrogens is 276 g/mol. The van der Waals surface area contributed by atoms with Crippen LogP contribution in [-0.2, 0) is 0 Å². The summed E-state index contributed by atoms with van der Waals surface area (Å²) in [5.41, 5.74) is 6.61. The van der Waals surface area contributed by atoms with Crippen molar-refractivity contribution >= 4 is 33.2 Å². The van der Waals surface area contributed by atoms with E-state index in [0.29, 0.717) is 6.54 Å². The molecule has 1 aliphatic heterocycles. The van der Waals surface area contributed by atoms with Gasteiger partial charge in [0.15, 0.2) is 0 Å². The Kier molecular flexibility index (Phi) is 3.43. The van der Waals surface area contributed by atoms with Gasteiger partial charge >= 0.3 is 0 Å². The first-order valence-corrected chi connectivity index (χ1v) is 6.63. The quantitative estimate of drug-likeness (QED) is 0.860. The van der Waals surface area contributed by atoms with Gasteiger partial charge in [0.05, 0.1) is 9.35 Å². The van der Waals surface area contributed by atoms with E-state index in [1.54, 1.807) is 0 Å². The Morgan fingerprint density at radius 1 is 1.67 bits per heavy atom. The normalized spacial score (nSPS) is 21.7. The Bertz CT molecular complexity index is 366. The van der Waals surface area contributed by atoms with Crippen molar-refractivity contribution in [3.8, 4) is 0 Å². The third-order valence-corrected chi connectivity index (χ3v) is 4.06. The van der Waals surface area contributed by atoms with E-state index in [1.807, 2.05) is 16.3 Å². The molecule has 1 unspecified atom stereocenters. The Morgan fingerprint density at radius 2 is 2.47 bits per heavy atom. The van der Waals surface area contributed by atoms with Gasteiger partial charge in [-0.3, -0.25) is 4.79 Å². The van der Waals surface area contributed by atoms with E-state index in [9.17, 15) is 4.79 Å². The molecule has 15 heavy (non-hydrogen) atoms. The number of likely N-dealkylation sites (tertiary alicyclic amines) is 1. The van der Waals surface area contributed by atoms with Gasteiger partial charge in [0.25, 0.3) is 5.91 Å². The molecule has 0 spiro atoms. The van der Waals surface area contributed by atoms with Crippen molar-refractivity contribution in [3.63, 3.8) is 0 Å². The van der Waals surface area contributed by atoms with E-state index < -0.39 is 0 Å². The molecule has 0 aromatic carbocycles. The monoisotopic (exact) mass is 288 g/mol. The fourth-order valence-electron chi connectivity index (χ4n) is 1.80. The number of nitrogens with two attached hydrogens (primary N) is 1. The number of amides is 1. The van der Waals surface area contributed by atoms with Gasteiger partial charge in [-0.15, -0.1) is 11.3 Å². The lowest BCUT2D eigenvalue weighted by atomic mass is 10.1. The number of rotatable bonds is 1. The van der Waals surface area contributed by atoms with E-state index in [0.717, 1.165) is 28.7 Å². The van der Waals surface area contributed by atoms with Crippen LogP contribution in [0, 0.1) is 0 Å². The van der Waals surface area contributed by atoms with E-state index in [1.165, 1.54) is 11.3 Å². The molecule has 0 aliphatic carbocycles. The van der Waals surface area contributed by atoms with Crippen molar-refractivity contribution in [2.24, 2.45) is 5.73 Å². The Morgan fingerprint density at radius 3 is 3.07 bits per heavy atom. The Balaban J connectivity index is 2.07. The predicted octanol–water partition coefficient (Wildman–Crippen LogP) is 2.07. The molecule has 3 nitrogen and oxygen atoms in total. The van der Waals surface area contributed by atoms with Crippen molar-refractivity contribution in [3.05, 3.63) is 20.8 Å². The van der Waals surface area contributed by atoms with E-state index in [2.05, 4.69) is 15.9 Å². The maximum absolute atomic E-state index is 12.0. The standard InChI is InChI=1S/C10H13BrN2OS/c11-9-4-7(6-15-9)10(14)13-3-1-2-8(12)5-13/h4,6,8H,1-3,5,12H2. The average molecular weight is 289 g/mol. The molecule has 1 saturated heterocycles. The molecule has 0 radical (unpaired) electrons. The summed E-state index contributed by atoms with van der Waals surface area (Å²) < 4.78 is 0.993. The maximum Gasteiger partial charge on any atom is 0.254 e. The van der Waals surface area contributed by atoms with Crippen LogP contribution < -0.4 is 5.73 Å². The highest BCUT2D eigenvalue weighted by Crippen LogP contribution is 2.22. The molecule has 1 aromatic heterocycles. The largest absolute Gasteiger partial charge is 0.337 e. The predicted molar refractivity (Wildman–Crippen MR) is 65.1 cm³/mol. The topological polar surface area (TPSA) is 46.3 Å². The highest BCUT2D eigenvalue weighted by molar-refractivity contribution is 9.11. The van der Waals surface area contributed by atoms with Gasteiger partial charge in [-0.2, -0.15) is 0 Å². The molecule has 2 rings (SSSR count). The zero-order valence-electron chi connectivity index (χ0n) is 8.28. The maximum atomic E-state index is 12.0. The van der Waals surface area contributed by atoms with Crippen molar-refractivity contribution < 1.29 is 4.79 Å². The van der Waals surface area contributed by atoms with Gasteiger partial charge in [-0.1, -0.05) is 0 Å². The second-order valence-corrected chi connectivity index (χ2v) is 6.08. The summed E-state index contributed by atoms with van der Waals surface area (Å²) in [5, 5.41) is 1.88. The number of halogens is 1. The zero-order chi connectivity index (χ0) is 10.8. The molecule has 0 saturated carbocycles. The molecule has 2 heterocycles. The van der Waals surface area contributed by atoms with E-state index in [4.69, 9.17) is 5.73 Å². The molecule has 1 fully saturated rings. The molecular formula is C10H13BrN2OS. The van der Waals surface area contributed by atoms with Crippen LogP contribution in [0.5, 0.6) is 0 Å². The second kappa shape index (κ2) is 4.63. The van der Waals surface area contributed by atoms with Crippen molar-refractivity contribution in [2.45, 2.75) is 18.9 Å². The van der Waals surface area contributed by atoms with Gasteiger partial charge in [-0.25, -0.2) is 0 Å². The number of nitrogens with zero attached hydrogens (tertiary/aromatic N) is 1. The lowest BCUT2D eigenvalue weighted by Gasteiger charge is -2.30. The van der Waals surface area contributed by atoms with Gasteiger partial charge < -0.3 is 10.6 Å². The van der Waals surface area contributed by atoms with Crippen LogP contribution in [0.1, 0.15) is 23.2 Å². The van der Waals surface area contributed by atoms with Gasteiger partial charge in [0.2, 0.25) is 0 Å². The van der Waals surface area contributed by atoms with Crippen LogP contribution >= 0.6 is 27.3 Å². The molecule has 2 N–H and O–H groups in total. The van der Waals surface area contributed by atoms with E-state index >= 15 is 0 Å². The number of thiophene rings is 1. The van der Waals surface area contributed by atoms with Crippen LogP contribution in [-0.4, -0.2) is 29.9 Å². The highest BCUT2D eigenvalue weighted by atomic mass is 79.9. The van der Waals surface area contributed by atoms with E-state index in [-0.39, 0.29) is 11.9 Å². The van der Waals surface area contributed by atoms with Crippen molar-refractivity contribution in [2.75, 3.05) is 13.1 Å². The van der Waals surface area contributed by atoms with Gasteiger partial charge in [0, 0.05) is 24.5 Å². The fourth-order valence-corrected chi connectivity index (χ4v) is 2.93. The Hall–Kier alpha value is -0.390. The number of carbonyl (C=O) groups excluding carboxylic acids is 1. The average Bonchev–Trinajstić information content (AvgIpc) is 2.64. The summed E-state index contributed by atoms with van der Waals surface area (Å²) in [5.74, 6) is 0.104. The molecule has 1 amide bonds. The van der Waals surface area contributed by atoms with Gasteiger partial charge in [0.1, 0.15) is 0 Å². The fraction of sp³-hybridized carbons (Fsp3) is 0.500. The number of carbonyl (C=O) groups is 1. The second-order valence-electron chi connectivity index (χ2n) is 3.79. The van der Waals surface area contributed by atoms with Crippen LogP contribution in [0.3, 0.4) is 0 Å². The summed E-state index contributed by atoms with van der Waals surface area (Å²) in [6.45, 7) is 1.52. The molecule has 5 heteroatoms. The minimum atomic E-state index is 0.104. The van der Waals surface area contributed by atoms with Crippen LogP contribution in [0.25, 0.3) is 0 Å². The minimum absolute atomic E-state index is 0.104. The van der Waals surface area contributed by atoms with Crippen molar-refractivity contribution in [1.29, 1.82) is 0 Å². The first kappa shape index (κ1) is 11.1. The lowest BCUT2D eigenvalue weighted by Crippen LogP contribution is -2.45. The molecule has 1 aliphatic rings. The summed E-state index contributed by atoms with van der Waals surface area (Å²) >= 11 is 4.89. The molecule has 1 atom stereocenters. The first-order valence-electron chi connectivity index (χ1n) is 4.95. The third-order valence-electron chi connectivity index (χ3n) is 2.56. The molecule has 82 valence electrons. The smallest absolute Gasteiger partial charge is 0.254 e. The highest BCUT2D eigenvalue weighted by Gasteiger charge is 2.22.